The van der Waals surface area contributed by atoms with Gasteiger partial charge in [0.25, 0.3) is 0 Å². The largest absolute Gasteiger partial charge is 0.500 e. The highest BCUT2D eigenvalue weighted by Crippen LogP contribution is 2.38. The Balaban J connectivity index is 2.12. The van der Waals surface area contributed by atoms with Gasteiger partial charge in [-0.2, -0.15) is 0 Å². The molecule has 1 N–H and O–H groups in total. The summed E-state index contributed by atoms with van der Waals surface area (Å²) in [4.78, 5) is 0. The number of rotatable bonds is 10. The van der Waals surface area contributed by atoms with E-state index in [9.17, 15) is 4.57 Å². The number of hydrogen-bond donors (Lipinski definition) is 1. The molecule has 0 saturated carbocycles. The normalized spacial score (nSPS) is 12.3. The highest BCUT2D eigenvalue weighted by atomic mass is 31.2. The molecule has 5 nitrogen and oxygen atoms in total. The van der Waals surface area contributed by atoms with Crippen LogP contribution in [-0.4, -0.2) is 36.7 Å². The molecule has 0 unspecified atom stereocenters. The summed E-state index contributed by atoms with van der Waals surface area (Å²) >= 11 is 0. The molecule has 2 aromatic carbocycles. The zero-order chi connectivity index (χ0) is 18.2. The summed E-state index contributed by atoms with van der Waals surface area (Å²) in [5, 5.41) is 4.89. The summed E-state index contributed by atoms with van der Waals surface area (Å²) in [6, 6.07) is 19.8. The Morgan fingerprint density at radius 2 is 1.28 bits per heavy atom. The first-order valence-electron chi connectivity index (χ1n) is 8.22. The SMILES string of the molecule is CO[Si](CCCNP(=O)(c1ccccc1)c1ccccc1)(OC)OC. The summed E-state index contributed by atoms with van der Waals surface area (Å²) in [5.41, 5.74) is 0. The van der Waals surface area contributed by atoms with E-state index in [1.54, 1.807) is 21.3 Å². The van der Waals surface area contributed by atoms with Crippen LogP contribution in [0.25, 0.3) is 0 Å². The van der Waals surface area contributed by atoms with Crippen molar-refractivity contribution in [1.82, 2.24) is 5.09 Å². The van der Waals surface area contributed by atoms with E-state index in [0.29, 0.717) is 12.6 Å². The molecule has 25 heavy (non-hydrogen) atoms. The van der Waals surface area contributed by atoms with Gasteiger partial charge in [-0.1, -0.05) is 36.4 Å². The van der Waals surface area contributed by atoms with Crippen molar-refractivity contribution in [2.75, 3.05) is 27.9 Å². The van der Waals surface area contributed by atoms with E-state index in [2.05, 4.69) is 5.09 Å². The summed E-state index contributed by atoms with van der Waals surface area (Å²) in [6.45, 7) is 0.575. The molecule has 0 spiro atoms. The van der Waals surface area contributed by atoms with Crippen LogP contribution in [0.2, 0.25) is 6.04 Å². The molecule has 0 aliphatic rings. The lowest BCUT2D eigenvalue weighted by atomic mass is 10.4. The first-order chi connectivity index (χ1) is 12.1. The van der Waals surface area contributed by atoms with E-state index in [-0.39, 0.29) is 0 Å². The first kappa shape index (κ1) is 20.0. The van der Waals surface area contributed by atoms with Crippen LogP contribution in [0.1, 0.15) is 6.42 Å². The van der Waals surface area contributed by atoms with Crippen LogP contribution in [0.5, 0.6) is 0 Å². The van der Waals surface area contributed by atoms with Gasteiger partial charge in [0.1, 0.15) is 0 Å². The molecule has 2 rings (SSSR count). The molecular weight excluding hydrogens is 353 g/mol. The zero-order valence-electron chi connectivity index (χ0n) is 15.0. The zero-order valence-corrected chi connectivity index (χ0v) is 16.9. The fourth-order valence-electron chi connectivity index (χ4n) is 2.71. The molecule has 0 amide bonds. The van der Waals surface area contributed by atoms with Crippen LogP contribution in [0.4, 0.5) is 0 Å². The van der Waals surface area contributed by atoms with Gasteiger partial charge in [0.2, 0.25) is 7.29 Å². The van der Waals surface area contributed by atoms with Crippen LogP contribution in [0.3, 0.4) is 0 Å². The Morgan fingerprint density at radius 3 is 1.68 bits per heavy atom. The molecule has 7 heteroatoms. The minimum Gasteiger partial charge on any atom is -0.377 e. The molecule has 0 saturated heterocycles. The van der Waals surface area contributed by atoms with E-state index in [4.69, 9.17) is 13.3 Å². The molecule has 0 radical (unpaired) electrons. The lowest BCUT2D eigenvalue weighted by Gasteiger charge is -2.25. The highest BCUT2D eigenvalue weighted by molar-refractivity contribution is 7.76. The number of hydrogen-bond acceptors (Lipinski definition) is 4. The van der Waals surface area contributed by atoms with E-state index >= 15 is 0 Å². The number of nitrogens with one attached hydrogen (secondary N) is 1. The second-order valence-corrected chi connectivity index (χ2v) is 11.2. The number of benzene rings is 2. The lowest BCUT2D eigenvalue weighted by molar-refractivity contribution is 0.123. The maximum absolute atomic E-state index is 13.8. The second kappa shape index (κ2) is 9.43. The average molecular weight is 379 g/mol. The molecule has 0 aliphatic carbocycles. The van der Waals surface area contributed by atoms with Gasteiger partial charge in [-0.15, -0.1) is 0 Å². The Morgan fingerprint density at radius 1 is 0.840 bits per heavy atom. The predicted molar refractivity (Wildman–Crippen MR) is 104 cm³/mol. The smallest absolute Gasteiger partial charge is 0.377 e. The Bertz CT molecular complexity index is 628. The molecule has 0 aromatic heterocycles. The third-order valence-corrected chi connectivity index (χ3v) is 9.72. The predicted octanol–water partition coefficient (Wildman–Crippen LogP) is 2.77. The Kier molecular flexibility index (Phi) is 7.56. The molecule has 0 heterocycles. The average Bonchev–Trinajstić information content (AvgIpc) is 2.70. The summed E-state index contributed by atoms with van der Waals surface area (Å²) in [7, 11) is -0.682. The fourth-order valence-corrected chi connectivity index (χ4v) is 6.75. The second-order valence-electron chi connectivity index (χ2n) is 5.59. The van der Waals surface area contributed by atoms with E-state index < -0.39 is 16.1 Å². The van der Waals surface area contributed by atoms with Crippen LogP contribution in [0.15, 0.2) is 60.7 Å². The third-order valence-electron chi connectivity index (χ3n) is 4.17. The molecule has 0 atom stereocenters. The maximum Gasteiger partial charge on any atom is 0.500 e. The molecule has 0 aliphatic heterocycles. The molecular formula is C18H26NO4PSi. The van der Waals surface area contributed by atoms with Crippen molar-refractivity contribution in [2.45, 2.75) is 12.5 Å². The third kappa shape index (κ3) is 4.88. The maximum atomic E-state index is 13.8. The molecule has 2 aromatic rings. The van der Waals surface area contributed by atoms with Gasteiger partial charge in [0, 0.05) is 44.5 Å². The lowest BCUT2D eigenvalue weighted by Crippen LogP contribution is -2.43. The monoisotopic (exact) mass is 379 g/mol. The van der Waals surface area contributed by atoms with Crippen molar-refractivity contribution in [1.29, 1.82) is 0 Å². The van der Waals surface area contributed by atoms with Crippen LogP contribution in [0, 0.1) is 0 Å². The van der Waals surface area contributed by atoms with E-state index in [1.165, 1.54) is 0 Å². The van der Waals surface area contributed by atoms with E-state index in [1.807, 2.05) is 60.7 Å². The van der Waals surface area contributed by atoms with Crippen molar-refractivity contribution >= 4 is 26.7 Å². The van der Waals surface area contributed by atoms with Gasteiger partial charge in [0.05, 0.1) is 0 Å². The van der Waals surface area contributed by atoms with Gasteiger partial charge in [-0.25, -0.2) is 0 Å². The van der Waals surface area contributed by atoms with Crippen LogP contribution in [-0.2, 0) is 17.8 Å². The first-order valence-corrected chi connectivity index (χ1v) is 11.9. The Labute approximate surface area is 151 Å². The van der Waals surface area contributed by atoms with Crippen molar-refractivity contribution in [3.63, 3.8) is 0 Å². The van der Waals surface area contributed by atoms with Crippen molar-refractivity contribution < 1.29 is 17.8 Å². The Hall–Kier alpha value is -1.27. The van der Waals surface area contributed by atoms with Gasteiger partial charge >= 0.3 is 8.80 Å². The van der Waals surface area contributed by atoms with Crippen molar-refractivity contribution in [3.8, 4) is 0 Å². The molecule has 136 valence electrons. The van der Waals surface area contributed by atoms with Gasteiger partial charge in [-0.05, 0) is 30.7 Å². The minimum atomic E-state index is -2.89. The van der Waals surface area contributed by atoms with Gasteiger partial charge < -0.3 is 13.3 Å². The quantitative estimate of drug-likeness (QED) is 0.391. The minimum absolute atomic E-state index is 0.575. The van der Waals surface area contributed by atoms with Crippen LogP contribution < -0.4 is 15.7 Å². The molecule has 0 bridgehead atoms. The summed E-state index contributed by atoms with van der Waals surface area (Å²) in [5.74, 6) is 0. The van der Waals surface area contributed by atoms with Gasteiger partial charge in [0.15, 0.2) is 0 Å². The van der Waals surface area contributed by atoms with Crippen molar-refractivity contribution in [2.24, 2.45) is 0 Å². The highest BCUT2D eigenvalue weighted by Gasteiger charge is 2.37. The fraction of sp³-hybridized carbons (Fsp3) is 0.333. The topological polar surface area (TPSA) is 56.8 Å². The van der Waals surface area contributed by atoms with Crippen molar-refractivity contribution in [3.05, 3.63) is 60.7 Å². The van der Waals surface area contributed by atoms with Gasteiger partial charge in [-0.3, -0.25) is 9.65 Å². The molecule has 0 fully saturated rings. The summed E-state index contributed by atoms with van der Waals surface area (Å²) < 4.78 is 30.1. The van der Waals surface area contributed by atoms with E-state index in [0.717, 1.165) is 17.0 Å². The van der Waals surface area contributed by atoms with Crippen LogP contribution >= 0.6 is 7.29 Å². The summed E-state index contributed by atoms with van der Waals surface area (Å²) in [6.07, 6.45) is 0.741. The standard InChI is InChI=1S/C18H26NO4PSi/c1-21-25(22-2,23-3)16-10-15-19-24(20,17-11-6-4-7-12-17)18-13-8-5-9-14-18/h4-9,11-14H,10,15-16H2,1-3H3,(H,19,20).